The van der Waals surface area contributed by atoms with Crippen LogP contribution in [0.1, 0.15) is 106 Å². The number of hydrogen-bond acceptors (Lipinski definition) is 22. The van der Waals surface area contributed by atoms with Crippen molar-refractivity contribution in [3.8, 4) is 0 Å². The highest BCUT2D eigenvalue weighted by Gasteiger charge is 2.21. The first-order valence-electron chi connectivity index (χ1n) is 31.6. The third kappa shape index (κ3) is 25.1. The molecule has 0 aliphatic carbocycles. The normalized spacial score (nSPS) is 14.1. The minimum absolute atomic E-state index is 0.0195. The van der Waals surface area contributed by atoms with E-state index in [0.717, 1.165) is 153 Å². The maximum Gasteiger partial charge on any atom is 0.308 e. The van der Waals surface area contributed by atoms with Crippen LogP contribution < -0.4 is 26.6 Å². The van der Waals surface area contributed by atoms with Gasteiger partial charge >= 0.3 is 11.9 Å². The number of carbonyl (C=O) groups excluding carboxylic acids is 2. The molecule has 490 valence electrons. The molecule has 0 bridgehead atoms. The summed E-state index contributed by atoms with van der Waals surface area (Å²) in [5.41, 5.74) is 19.3. The standard InChI is InChI=1S/C37H60N6O8.C18H24N6.C9H18O4/c1-5-6-7-32-40-34-30-28-29(8-9-31(30)39-36(38)35(34)41-32)43-13-11-42(12-14-43)15-17-46-19-21-48-23-25-50-27-26-49-24-22-47-20-18-45-16-10-33(44)51-37(2,3)4;1-2-3-4-15-22-16-13-11-12(24-9-7-20-8-10-24)5-6-14(13)21-18(19)17(16)23-15;1-9(2,3)13-8(11)4-6-12-7-5-10/h8-9,28H,5-7,10-27H2,1-4H3,(H2,38,39)(H,40,41);5-6,11,20H,2-4,7-10H2,1H3,(H2,19,21)(H,22,23);10H,4-7H2,1-3H3. The number of fused-ring (bicyclic) bond motifs is 6. The topological polar surface area (TPSA) is 294 Å². The third-order valence-corrected chi connectivity index (χ3v) is 14.1. The molecule has 0 spiro atoms. The Balaban J connectivity index is 0.000000271. The fourth-order valence-corrected chi connectivity index (χ4v) is 9.73. The maximum absolute atomic E-state index is 11.6. The average Bonchev–Trinajstić information content (AvgIpc) is 2.99. The number of nitrogen functional groups attached to an aromatic ring is 2. The number of nitrogens with zero attached hydrogens (tertiary/aromatic N) is 7. The van der Waals surface area contributed by atoms with Crippen LogP contribution in [0.25, 0.3) is 43.9 Å². The van der Waals surface area contributed by atoms with Crippen LogP contribution in [0.15, 0.2) is 36.4 Å². The number of aryl methyl sites for hydroxylation is 2. The summed E-state index contributed by atoms with van der Waals surface area (Å²) < 4.78 is 48.5. The van der Waals surface area contributed by atoms with E-state index in [9.17, 15) is 9.59 Å². The fourth-order valence-electron chi connectivity index (χ4n) is 9.73. The smallest absolute Gasteiger partial charge is 0.308 e. The Morgan fingerprint density at radius 2 is 0.909 bits per heavy atom. The van der Waals surface area contributed by atoms with Gasteiger partial charge in [-0.05, 0) is 90.8 Å². The molecule has 24 nitrogen and oxygen atoms in total. The highest BCUT2D eigenvalue weighted by molar-refractivity contribution is 6.08. The number of rotatable bonds is 34. The summed E-state index contributed by atoms with van der Waals surface area (Å²) in [5.74, 6) is 2.47. The summed E-state index contributed by atoms with van der Waals surface area (Å²) in [7, 11) is 0. The first-order valence-corrected chi connectivity index (χ1v) is 31.6. The van der Waals surface area contributed by atoms with Crippen molar-refractivity contribution < 1.29 is 57.3 Å². The van der Waals surface area contributed by atoms with E-state index in [4.69, 9.17) is 69.2 Å². The van der Waals surface area contributed by atoms with Crippen molar-refractivity contribution >= 4 is 78.8 Å². The Morgan fingerprint density at radius 1 is 0.523 bits per heavy atom. The second-order valence-electron chi connectivity index (χ2n) is 23.7. The lowest BCUT2D eigenvalue weighted by molar-refractivity contribution is -0.157. The summed E-state index contributed by atoms with van der Waals surface area (Å²) in [6, 6.07) is 12.8. The van der Waals surface area contributed by atoms with Gasteiger partial charge < -0.3 is 84.3 Å². The molecule has 4 aromatic heterocycles. The first kappa shape index (κ1) is 71.0. The molecule has 0 radical (unpaired) electrons. The number of aromatic nitrogens is 6. The summed E-state index contributed by atoms with van der Waals surface area (Å²) >= 11 is 0. The number of pyridine rings is 2. The molecular weight excluding hydrogens is 1130 g/mol. The number of carbonyl (C=O) groups is 2. The van der Waals surface area contributed by atoms with Crippen molar-refractivity contribution in [2.75, 3.05) is 179 Å². The Kier molecular flexibility index (Phi) is 30.5. The lowest BCUT2D eigenvalue weighted by Gasteiger charge is -2.36. The molecule has 88 heavy (non-hydrogen) atoms. The molecule has 8 rings (SSSR count). The van der Waals surface area contributed by atoms with Crippen LogP contribution in [0, 0.1) is 0 Å². The number of aromatic amines is 2. The number of benzene rings is 2. The van der Waals surface area contributed by atoms with E-state index < -0.39 is 11.2 Å². The average molecular weight is 1230 g/mol. The molecule has 0 saturated carbocycles. The quantitative estimate of drug-likeness (QED) is 0.0172. The van der Waals surface area contributed by atoms with Gasteiger partial charge in [-0.2, -0.15) is 0 Å². The highest BCUT2D eigenvalue weighted by Crippen LogP contribution is 2.32. The van der Waals surface area contributed by atoms with Gasteiger partial charge in [0.1, 0.15) is 56.6 Å². The van der Waals surface area contributed by atoms with Gasteiger partial charge in [0, 0.05) is 93.9 Å². The number of aliphatic hydroxyl groups excluding tert-OH is 1. The zero-order chi connectivity index (χ0) is 63.2. The highest BCUT2D eigenvalue weighted by atomic mass is 16.6. The van der Waals surface area contributed by atoms with Gasteiger partial charge in [-0.1, -0.05) is 26.7 Å². The molecule has 2 aliphatic rings. The zero-order valence-corrected chi connectivity index (χ0v) is 53.8. The molecule has 0 amide bonds. The van der Waals surface area contributed by atoms with Crippen LogP contribution in [0.4, 0.5) is 23.0 Å². The van der Waals surface area contributed by atoms with E-state index in [2.05, 4.69) is 90.2 Å². The molecule has 2 aliphatic heterocycles. The Morgan fingerprint density at radius 3 is 1.31 bits per heavy atom. The number of aliphatic hydroxyl groups is 1. The lowest BCUT2D eigenvalue weighted by Crippen LogP contribution is -2.47. The third-order valence-electron chi connectivity index (χ3n) is 14.1. The van der Waals surface area contributed by atoms with Gasteiger partial charge in [0.25, 0.3) is 0 Å². The molecule has 8 N–H and O–H groups in total. The number of esters is 2. The molecule has 0 unspecified atom stereocenters. The number of H-pyrrole nitrogens is 2. The minimum atomic E-state index is -0.472. The van der Waals surface area contributed by atoms with Crippen molar-refractivity contribution in [1.29, 1.82) is 0 Å². The predicted molar refractivity (Wildman–Crippen MR) is 346 cm³/mol. The monoisotopic (exact) mass is 1230 g/mol. The maximum atomic E-state index is 11.6. The lowest BCUT2D eigenvalue weighted by atomic mass is 10.1. The number of hydrogen-bond donors (Lipinski definition) is 6. The number of ether oxygens (including phenoxy) is 9. The minimum Gasteiger partial charge on any atom is -0.460 e. The van der Waals surface area contributed by atoms with Gasteiger partial charge in [-0.15, -0.1) is 0 Å². The molecular formula is C64H102N12O12. The van der Waals surface area contributed by atoms with Crippen LogP contribution in [0.5, 0.6) is 0 Å². The molecule has 2 fully saturated rings. The predicted octanol–water partition coefficient (Wildman–Crippen LogP) is 7.16. The van der Waals surface area contributed by atoms with Crippen LogP contribution in [-0.4, -0.2) is 221 Å². The van der Waals surface area contributed by atoms with Crippen molar-refractivity contribution in [3.05, 3.63) is 48.0 Å². The largest absolute Gasteiger partial charge is 0.460 e. The van der Waals surface area contributed by atoms with Crippen LogP contribution in [-0.2, 0) is 65.1 Å². The molecule has 2 saturated heterocycles. The number of nitrogens with two attached hydrogens (primary N) is 2. The summed E-state index contributed by atoms with van der Waals surface area (Å²) in [6.45, 7) is 30.8. The van der Waals surface area contributed by atoms with Crippen molar-refractivity contribution in [3.63, 3.8) is 0 Å². The van der Waals surface area contributed by atoms with E-state index in [-0.39, 0.29) is 38.0 Å². The molecule has 2 aromatic carbocycles. The Hall–Kier alpha value is -6.06. The van der Waals surface area contributed by atoms with E-state index >= 15 is 0 Å². The second kappa shape index (κ2) is 37.8. The van der Waals surface area contributed by atoms with Crippen molar-refractivity contribution in [2.24, 2.45) is 0 Å². The summed E-state index contributed by atoms with van der Waals surface area (Å²) in [5, 5.41) is 13.9. The fraction of sp³-hybridized carbons (Fsp3) is 0.656. The number of piperazine rings is 2. The Bertz CT molecular complexity index is 2990. The van der Waals surface area contributed by atoms with Crippen molar-refractivity contribution in [1.82, 2.24) is 40.1 Å². The molecule has 6 aromatic rings. The summed E-state index contributed by atoms with van der Waals surface area (Å²) in [4.78, 5) is 55.6. The number of imidazole rings is 2. The molecule has 0 atom stereocenters. The number of unbranched alkanes of at least 4 members (excludes halogenated alkanes) is 2. The molecule has 6 heterocycles. The van der Waals surface area contributed by atoms with Crippen LogP contribution in [0.3, 0.4) is 0 Å². The second-order valence-corrected chi connectivity index (χ2v) is 23.7. The van der Waals surface area contributed by atoms with Crippen LogP contribution >= 0.6 is 0 Å². The van der Waals surface area contributed by atoms with Crippen LogP contribution in [0.2, 0.25) is 0 Å². The van der Waals surface area contributed by atoms with Crippen molar-refractivity contribution in [2.45, 2.75) is 118 Å². The van der Waals surface area contributed by atoms with Gasteiger partial charge in [0.05, 0.1) is 123 Å². The number of anilines is 4. The van der Waals surface area contributed by atoms with Gasteiger partial charge in [-0.3, -0.25) is 14.5 Å². The zero-order valence-electron chi connectivity index (χ0n) is 53.8. The van der Waals surface area contributed by atoms with Gasteiger partial charge in [0.2, 0.25) is 0 Å². The van der Waals surface area contributed by atoms with E-state index in [1.807, 2.05) is 41.5 Å². The van der Waals surface area contributed by atoms with Gasteiger partial charge in [-0.25, -0.2) is 19.9 Å². The van der Waals surface area contributed by atoms with E-state index in [0.29, 0.717) is 97.5 Å². The van der Waals surface area contributed by atoms with E-state index in [1.165, 1.54) is 11.4 Å². The SMILES string of the molecule is CC(C)(C)OC(=O)CCOCCO.CCCCc1nc2c([nH]1)c(N)nc1ccc(N3CCN(CCOCCOCCOCCOCCOCCOCCC(=O)OC(C)(C)C)CC3)cc12.CCCCc1nc2c([nH]1)c(N)nc1ccc(N3CCNCC3)cc12. The molecule has 24 heteroatoms. The number of nitrogens with one attached hydrogen (secondary N) is 3. The summed E-state index contributed by atoms with van der Waals surface area (Å²) in [6.07, 6.45) is 6.82. The van der Waals surface area contributed by atoms with Gasteiger partial charge in [0.15, 0.2) is 0 Å². The Labute approximate surface area is 519 Å². The first-order chi connectivity index (χ1) is 42.4. The van der Waals surface area contributed by atoms with E-state index in [1.54, 1.807) is 0 Å².